The molecule has 2 rings (SSSR count). The molecule has 0 aliphatic carbocycles. The Labute approximate surface area is 197 Å². The highest BCUT2D eigenvalue weighted by atomic mass is 35.5. The summed E-state index contributed by atoms with van der Waals surface area (Å²) in [5, 5.41) is 3.90. The Morgan fingerprint density at radius 3 is 2.72 bits per heavy atom. The third-order valence-corrected chi connectivity index (χ3v) is 6.47. The lowest BCUT2D eigenvalue weighted by Crippen LogP contribution is -2.34. The molecule has 0 aromatic carbocycles. The topological polar surface area (TPSA) is 78.3 Å². The van der Waals surface area contributed by atoms with Gasteiger partial charge in [-0.25, -0.2) is 9.78 Å². The number of carbonyl (C=O) groups excluding carboxylic acids is 1. The number of fused-ring (bicyclic) bond motifs is 1. The van der Waals surface area contributed by atoms with Gasteiger partial charge in [0, 0.05) is 51.7 Å². The van der Waals surface area contributed by atoms with E-state index in [4.69, 9.17) is 21.1 Å². The minimum absolute atomic E-state index is 0.197. The van der Waals surface area contributed by atoms with E-state index in [1.54, 1.807) is 6.20 Å². The maximum absolute atomic E-state index is 12.0. The number of hydrogen-bond acceptors (Lipinski definition) is 5. The van der Waals surface area contributed by atoms with Gasteiger partial charge in [0.1, 0.15) is 11.2 Å². The van der Waals surface area contributed by atoms with Crippen molar-refractivity contribution in [3.05, 3.63) is 29.3 Å². The predicted molar refractivity (Wildman–Crippen MR) is 134 cm³/mol. The van der Waals surface area contributed by atoms with Crippen LogP contribution >= 0.6 is 11.6 Å². The molecule has 0 atom stereocenters. The molecule has 0 aliphatic rings. The molecule has 1 N–H and O–H groups in total. The molecule has 32 heavy (non-hydrogen) atoms. The molecule has 2 heterocycles. The third kappa shape index (κ3) is 9.71. The molecular formula is C23H37ClN4O3Si. The van der Waals surface area contributed by atoms with Crippen molar-refractivity contribution in [2.24, 2.45) is 0 Å². The van der Waals surface area contributed by atoms with Crippen LogP contribution < -0.4 is 5.32 Å². The second-order valence-corrected chi connectivity index (χ2v) is 16.0. The average Bonchev–Trinajstić information content (AvgIpc) is 2.98. The van der Waals surface area contributed by atoms with Crippen molar-refractivity contribution < 1.29 is 14.3 Å². The van der Waals surface area contributed by atoms with E-state index in [1.807, 2.05) is 31.4 Å². The number of nitrogens with one attached hydrogen (secondary N) is 1. The first-order valence-electron chi connectivity index (χ1n) is 11.2. The highest BCUT2D eigenvalue weighted by Gasteiger charge is 2.16. The number of allylic oxidation sites excluding steroid dienone is 1. The van der Waals surface area contributed by atoms with E-state index in [9.17, 15) is 4.79 Å². The second kappa shape index (κ2) is 11.8. The number of nitrogens with zero attached hydrogens (tertiary/aromatic N) is 3. The lowest BCUT2D eigenvalue weighted by molar-refractivity contribution is 0.0526. The van der Waals surface area contributed by atoms with E-state index >= 15 is 0 Å². The van der Waals surface area contributed by atoms with Gasteiger partial charge in [-0.2, -0.15) is 4.98 Å². The van der Waals surface area contributed by atoms with Gasteiger partial charge in [-0.15, -0.1) is 0 Å². The number of ether oxygens (including phenoxy) is 2. The van der Waals surface area contributed by atoms with E-state index in [1.165, 1.54) is 6.04 Å². The van der Waals surface area contributed by atoms with Crippen LogP contribution in [-0.2, 0) is 16.0 Å². The molecule has 2 aromatic heterocycles. The van der Waals surface area contributed by atoms with Crippen molar-refractivity contribution in [3.63, 3.8) is 0 Å². The van der Waals surface area contributed by atoms with Crippen molar-refractivity contribution in [2.75, 3.05) is 19.8 Å². The second-order valence-electron chi connectivity index (χ2n) is 10.0. The molecule has 0 fully saturated rings. The number of unbranched alkanes of at least 4 members (excludes halogenated alkanes) is 1. The van der Waals surface area contributed by atoms with Gasteiger partial charge in [-0.3, -0.25) is 0 Å². The molecule has 2 aromatic rings. The Morgan fingerprint density at radius 1 is 1.28 bits per heavy atom. The van der Waals surface area contributed by atoms with Crippen LogP contribution in [0.1, 0.15) is 39.3 Å². The zero-order chi connectivity index (χ0) is 23.8. The predicted octanol–water partition coefficient (Wildman–Crippen LogP) is 5.76. The smallest absolute Gasteiger partial charge is 0.407 e. The number of halogens is 1. The third-order valence-electron chi connectivity index (χ3n) is 4.59. The van der Waals surface area contributed by atoms with E-state index in [0.717, 1.165) is 42.8 Å². The number of aromatic nitrogens is 3. The summed E-state index contributed by atoms with van der Waals surface area (Å²) in [4.78, 5) is 20.4. The van der Waals surface area contributed by atoms with Crippen molar-refractivity contribution >= 4 is 42.9 Å². The van der Waals surface area contributed by atoms with Gasteiger partial charge in [-0.05, 0) is 63.4 Å². The lowest BCUT2D eigenvalue weighted by Gasteiger charge is -2.19. The first kappa shape index (κ1) is 26.4. The van der Waals surface area contributed by atoms with E-state index in [2.05, 4.69) is 47.1 Å². The fourth-order valence-corrected chi connectivity index (χ4v) is 3.87. The van der Waals surface area contributed by atoms with Crippen LogP contribution in [0, 0.1) is 0 Å². The molecular weight excluding hydrogens is 444 g/mol. The molecule has 0 saturated heterocycles. The summed E-state index contributed by atoms with van der Waals surface area (Å²) in [6, 6.07) is 3.23. The number of alkyl carbamates (subject to hydrolysis) is 1. The normalized spacial score (nSPS) is 12.6. The summed E-state index contributed by atoms with van der Waals surface area (Å²) in [5.74, 6) is 0. The van der Waals surface area contributed by atoms with Crippen molar-refractivity contribution in [1.29, 1.82) is 0 Å². The Kier molecular flexibility index (Phi) is 9.73. The Morgan fingerprint density at radius 2 is 2.03 bits per heavy atom. The molecule has 7 nitrogen and oxygen atoms in total. The van der Waals surface area contributed by atoms with Crippen LogP contribution in [0.5, 0.6) is 0 Å². The summed E-state index contributed by atoms with van der Waals surface area (Å²) < 4.78 is 13.1. The largest absolute Gasteiger partial charge is 0.444 e. The molecule has 0 aliphatic heterocycles. The molecule has 0 saturated carbocycles. The molecule has 0 spiro atoms. The van der Waals surface area contributed by atoms with E-state index in [0.29, 0.717) is 13.1 Å². The van der Waals surface area contributed by atoms with Crippen LogP contribution in [0.2, 0.25) is 31.0 Å². The van der Waals surface area contributed by atoms with Crippen molar-refractivity contribution in [3.8, 4) is 0 Å². The quantitative estimate of drug-likeness (QED) is 0.251. The number of hydrogen-bond donors (Lipinski definition) is 1. The maximum atomic E-state index is 12.0. The van der Waals surface area contributed by atoms with E-state index < -0.39 is 19.8 Å². The average molecular weight is 481 g/mol. The van der Waals surface area contributed by atoms with Crippen LogP contribution in [0.25, 0.3) is 17.1 Å². The molecule has 9 heteroatoms. The Bertz CT molecular complexity index is 916. The van der Waals surface area contributed by atoms with Gasteiger partial charge in [0.2, 0.25) is 5.28 Å². The van der Waals surface area contributed by atoms with Gasteiger partial charge < -0.3 is 19.4 Å². The first-order valence-corrected chi connectivity index (χ1v) is 15.3. The van der Waals surface area contributed by atoms with Gasteiger partial charge in [0.25, 0.3) is 0 Å². The molecule has 0 radical (unpaired) electrons. The van der Waals surface area contributed by atoms with Crippen LogP contribution in [0.3, 0.4) is 0 Å². The number of amides is 1. The Balaban J connectivity index is 1.94. The molecule has 0 bridgehead atoms. The van der Waals surface area contributed by atoms with Gasteiger partial charge >= 0.3 is 6.09 Å². The fraction of sp³-hybridized carbons (Fsp3) is 0.609. The number of carbonyl (C=O) groups is 1. The summed E-state index contributed by atoms with van der Waals surface area (Å²) in [7, 11) is -1.03. The van der Waals surface area contributed by atoms with Gasteiger partial charge in [0.15, 0.2) is 0 Å². The van der Waals surface area contributed by atoms with Crippen LogP contribution in [0.4, 0.5) is 4.79 Å². The zero-order valence-corrected chi connectivity index (χ0v) is 22.0. The lowest BCUT2D eigenvalue weighted by atomic mass is 10.2. The van der Waals surface area contributed by atoms with Gasteiger partial charge in [-0.1, -0.05) is 25.7 Å². The Hall–Kier alpha value is -1.90. The van der Waals surface area contributed by atoms with Crippen LogP contribution in [0.15, 0.2) is 18.3 Å². The van der Waals surface area contributed by atoms with Crippen molar-refractivity contribution in [2.45, 2.75) is 71.4 Å². The molecule has 1 amide bonds. The van der Waals surface area contributed by atoms with Crippen LogP contribution in [-0.4, -0.2) is 54.1 Å². The zero-order valence-electron chi connectivity index (χ0n) is 20.2. The highest BCUT2D eigenvalue weighted by molar-refractivity contribution is 6.76. The summed E-state index contributed by atoms with van der Waals surface area (Å²) in [5.41, 5.74) is 1.20. The standard InChI is InChI=1S/C23H37ClN4O3Si/c1-23(2,3)31-22(29)25-11-12-28-19(16-18-17-26-21(24)27-20(18)28)10-8-7-9-13-30-14-15-32(4,5)6/h8,10,16-17H,7,9,11-15H2,1-6H3,(H,25,29)/b10-8+. The summed E-state index contributed by atoms with van der Waals surface area (Å²) in [6.45, 7) is 15.2. The fourth-order valence-electron chi connectivity index (χ4n) is 2.98. The minimum atomic E-state index is -1.03. The maximum Gasteiger partial charge on any atom is 0.407 e. The molecule has 178 valence electrons. The number of rotatable bonds is 11. The monoisotopic (exact) mass is 480 g/mol. The summed E-state index contributed by atoms with van der Waals surface area (Å²) >= 11 is 6.02. The SMILES string of the molecule is CC(C)(C)OC(=O)NCCn1c(/C=C/CCCOCC[Si](C)(C)C)cc2cnc(Cl)nc21. The highest BCUT2D eigenvalue weighted by Crippen LogP contribution is 2.20. The van der Waals surface area contributed by atoms with Gasteiger partial charge in [0.05, 0.1) is 0 Å². The van der Waals surface area contributed by atoms with Crippen molar-refractivity contribution in [1.82, 2.24) is 19.9 Å². The molecule has 0 unspecified atom stereocenters. The minimum Gasteiger partial charge on any atom is -0.444 e. The summed E-state index contributed by atoms with van der Waals surface area (Å²) in [6.07, 6.45) is 7.40. The van der Waals surface area contributed by atoms with E-state index in [-0.39, 0.29) is 5.28 Å². The first-order chi connectivity index (χ1) is 14.9.